The second-order valence-corrected chi connectivity index (χ2v) is 5.39. The Morgan fingerprint density at radius 3 is 2.74 bits per heavy atom. The lowest BCUT2D eigenvalue weighted by Crippen LogP contribution is -2.25. The van der Waals surface area contributed by atoms with Crippen molar-refractivity contribution < 1.29 is 17.2 Å². The number of halogens is 2. The molecule has 1 aromatic heterocycles. The third-order valence-electron chi connectivity index (χ3n) is 2.35. The van der Waals surface area contributed by atoms with Crippen molar-refractivity contribution in [3.05, 3.63) is 42.1 Å². The van der Waals surface area contributed by atoms with Crippen LogP contribution in [0, 0.1) is 11.6 Å². The number of benzene rings is 1. The van der Waals surface area contributed by atoms with E-state index in [1.807, 2.05) is 0 Å². The fraction of sp³-hybridized carbons (Fsp3) is 0.182. The van der Waals surface area contributed by atoms with Crippen molar-refractivity contribution in [1.82, 2.24) is 14.5 Å². The highest BCUT2D eigenvalue weighted by Crippen LogP contribution is 2.19. The van der Waals surface area contributed by atoms with Crippen molar-refractivity contribution in [3.8, 4) is 5.69 Å². The maximum absolute atomic E-state index is 13.6. The first-order chi connectivity index (χ1) is 8.95. The molecular weight excluding hydrogens is 276 g/mol. The Hall–Kier alpha value is -1.80. The number of aromatic nitrogens is 2. The van der Waals surface area contributed by atoms with Gasteiger partial charge in [0.1, 0.15) is 17.3 Å². The van der Waals surface area contributed by atoms with Gasteiger partial charge >= 0.3 is 0 Å². The van der Waals surface area contributed by atoms with E-state index in [0.717, 1.165) is 22.9 Å². The summed E-state index contributed by atoms with van der Waals surface area (Å²) in [5.74, 6) is -1.45. The first-order valence-corrected chi connectivity index (χ1v) is 6.93. The molecule has 0 spiro atoms. The van der Waals surface area contributed by atoms with Crippen LogP contribution in [-0.4, -0.2) is 24.7 Å². The number of rotatable bonds is 4. The summed E-state index contributed by atoms with van der Waals surface area (Å²) in [4.78, 5) is 0. The van der Waals surface area contributed by atoms with Crippen molar-refractivity contribution >= 4 is 10.0 Å². The molecule has 0 atom stereocenters. The Morgan fingerprint density at radius 2 is 2.05 bits per heavy atom. The van der Waals surface area contributed by atoms with Crippen LogP contribution in [-0.2, 0) is 10.0 Å². The summed E-state index contributed by atoms with van der Waals surface area (Å²) in [5.41, 5.74) is -0.263. The first-order valence-electron chi connectivity index (χ1n) is 5.45. The summed E-state index contributed by atoms with van der Waals surface area (Å²) >= 11 is 0. The second-order valence-electron chi connectivity index (χ2n) is 3.68. The Balaban J connectivity index is 2.60. The van der Waals surface area contributed by atoms with E-state index in [1.165, 1.54) is 12.3 Å². The van der Waals surface area contributed by atoms with E-state index in [-0.39, 0.29) is 17.3 Å². The molecule has 1 N–H and O–H groups in total. The normalized spacial score (nSPS) is 11.7. The van der Waals surface area contributed by atoms with Gasteiger partial charge in [-0.1, -0.05) is 6.92 Å². The summed E-state index contributed by atoms with van der Waals surface area (Å²) in [6.45, 7) is 1.79. The van der Waals surface area contributed by atoms with Gasteiger partial charge in [0.05, 0.1) is 6.20 Å². The molecule has 0 radical (unpaired) electrons. The minimum Gasteiger partial charge on any atom is -0.218 e. The van der Waals surface area contributed by atoms with Crippen molar-refractivity contribution in [2.45, 2.75) is 11.9 Å². The van der Waals surface area contributed by atoms with Gasteiger partial charge in [-0.3, -0.25) is 0 Å². The summed E-state index contributed by atoms with van der Waals surface area (Å²) in [6.07, 6.45) is 1.20. The van der Waals surface area contributed by atoms with Crippen LogP contribution in [0.5, 0.6) is 0 Å². The highest BCUT2D eigenvalue weighted by molar-refractivity contribution is 7.89. The summed E-state index contributed by atoms with van der Waals surface area (Å²) in [5, 5.41) is 3.48. The number of nitrogens with zero attached hydrogens (tertiary/aromatic N) is 2. The molecule has 1 aromatic carbocycles. The third-order valence-corrected chi connectivity index (χ3v) is 3.88. The van der Waals surface area contributed by atoms with Gasteiger partial charge in [0.15, 0.2) is 5.03 Å². The maximum atomic E-state index is 13.6. The molecule has 19 heavy (non-hydrogen) atoms. The third kappa shape index (κ3) is 2.64. The van der Waals surface area contributed by atoms with E-state index in [9.17, 15) is 17.2 Å². The zero-order valence-electron chi connectivity index (χ0n) is 9.97. The molecule has 0 bridgehead atoms. The number of sulfonamides is 1. The van der Waals surface area contributed by atoms with E-state index >= 15 is 0 Å². The molecule has 1 heterocycles. The predicted molar refractivity (Wildman–Crippen MR) is 64.3 cm³/mol. The SMILES string of the molecule is CCNS(=O)(=O)c1ccnn1-c1cc(F)ccc1F. The Kier molecular flexibility index (Phi) is 3.63. The lowest BCUT2D eigenvalue weighted by atomic mass is 10.3. The molecule has 0 amide bonds. The number of hydrogen-bond acceptors (Lipinski definition) is 3. The molecule has 0 aliphatic rings. The molecule has 0 saturated heterocycles. The van der Waals surface area contributed by atoms with Gasteiger partial charge < -0.3 is 0 Å². The summed E-state index contributed by atoms with van der Waals surface area (Å²) in [6, 6.07) is 3.95. The predicted octanol–water partition coefficient (Wildman–Crippen LogP) is 1.45. The quantitative estimate of drug-likeness (QED) is 0.925. The molecule has 0 unspecified atom stereocenters. The topological polar surface area (TPSA) is 64.0 Å². The Labute approximate surface area is 108 Å². The fourth-order valence-corrected chi connectivity index (χ4v) is 2.73. The smallest absolute Gasteiger partial charge is 0.218 e. The van der Waals surface area contributed by atoms with Crippen LogP contribution in [0.1, 0.15) is 6.92 Å². The van der Waals surface area contributed by atoms with Crippen LogP contribution in [0.15, 0.2) is 35.5 Å². The largest absolute Gasteiger partial charge is 0.258 e. The van der Waals surface area contributed by atoms with E-state index in [1.54, 1.807) is 6.92 Å². The zero-order chi connectivity index (χ0) is 14.0. The molecule has 102 valence electrons. The van der Waals surface area contributed by atoms with Crippen LogP contribution in [0.2, 0.25) is 0 Å². The zero-order valence-corrected chi connectivity index (χ0v) is 10.8. The number of hydrogen-bond donors (Lipinski definition) is 1. The summed E-state index contributed by atoms with van der Waals surface area (Å²) < 4.78 is 53.7. The van der Waals surface area contributed by atoms with E-state index in [4.69, 9.17) is 0 Å². The van der Waals surface area contributed by atoms with Crippen LogP contribution in [0.25, 0.3) is 5.69 Å². The minimum atomic E-state index is -3.81. The lowest BCUT2D eigenvalue weighted by molar-refractivity contribution is 0.561. The maximum Gasteiger partial charge on any atom is 0.258 e. The van der Waals surface area contributed by atoms with Gasteiger partial charge in [0.2, 0.25) is 0 Å². The molecule has 0 aliphatic carbocycles. The average Bonchev–Trinajstić information content (AvgIpc) is 2.82. The van der Waals surface area contributed by atoms with Gasteiger partial charge in [-0.05, 0) is 18.2 Å². The first kappa shape index (κ1) is 13.6. The molecule has 8 heteroatoms. The van der Waals surface area contributed by atoms with Gasteiger partial charge in [-0.2, -0.15) is 5.10 Å². The summed E-state index contributed by atoms with van der Waals surface area (Å²) in [7, 11) is -3.81. The van der Waals surface area contributed by atoms with Crippen LogP contribution in [0.3, 0.4) is 0 Å². The molecule has 2 aromatic rings. The molecule has 2 rings (SSSR count). The van der Waals surface area contributed by atoms with Crippen molar-refractivity contribution in [1.29, 1.82) is 0 Å². The monoisotopic (exact) mass is 287 g/mol. The van der Waals surface area contributed by atoms with Gasteiger partial charge in [-0.15, -0.1) is 0 Å². The molecule has 0 aliphatic heterocycles. The van der Waals surface area contributed by atoms with Gasteiger partial charge in [0, 0.05) is 12.6 Å². The van der Waals surface area contributed by atoms with Crippen molar-refractivity contribution in [2.24, 2.45) is 0 Å². The van der Waals surface area contributed by atoms with E-state index in [2.05, 4.69) is 9.82 Å². The standard InChI is InChI=1S/C11H11F2N3O2S/c1-2-15-19(17,18)11-5-6-14-16(11)10-7-8(12)3-4-9(10)13/h3-7,15H,2H2,1H3. The Morgan fingerprint density at radius 1 is 1.32 bits per heavy atom. The molecule has 0 fully saturated rings. The molecule has 0 saturated carbocycles. The van der Waals surface area contributed by atoms with Crippen LogP contribution < -0.4 is 4.72 Å². The van der Waals surface area contributed by atoms with E-state index < -0.39 is 21.7 Å². The minimum absolute atomic E-state index is 0.180. The second kappa shape index (κ2) is 5.06. The lowest BCUT2D eigenvalue weighted by Gasteiger charge is -2.09. The van der Waals surface area contributed by atoms with Crippen LogP contribution in [0.4, 0.5) is 8.78 Å². The average molecular weight is 287 g/mol. The van der Waals surface area contributed by atoms with Crippen molar-refractivity contribution in [2.75, 3.05) is 6.54 Å². The molecule has 5 nitrogen and oxygen atoms in total. The highest BCUT2D eigenvalue weighted by Gasteiger charge is 2.21. The van der Waals surface area contributed by atoms with Crippen molar-refractivity contribution in [3.63, 3.8) is 0 Å². The molecular formula is C11H11F2N3O2S. The van der Waals surface area contributed by atoms with Gasteiger partial charge in [0.25, 0.3) is 10.0 Å². The van der Waals surface area contributed by atoms with Gasteiger partial charge in [-0.25, -0.2) is 26.6 Å². The van der Waals surface area contributed by atoms with E-state index in [0.29, 0.717) is 0 Å². The van der Waals surface area contributed by atoms with Crippen LogP contribution >= 0.6 is 0 Å². The highest BCUT2D eigenvalue weighted by atomic mass is 32.2. The Bertz CT molecular complexity index is 698. The fourth-order valence-electron chi connectivity index (χ4n) is 1.59. The number of nitrogens with one attached hydrogen (secondary N) is 1.